The second-order valence-electron chi connectivity index (χ2n) is 4.82. The number of β-amino-alcohol motifs (C(OH)–C–C–N with tert-alkyl or cyclic N) is 1. The topological polar surface area (TPSA) is 55.8 Å². The summed E-state index contributed by atoms with van der Waals surface area (Å²) in [5.74, 6) is 0.160. The van der Waals surface area contributed by atoms with Crippen molar-refractivity contribution in [3.8, 4) is 0 Å². The van der Waals surface area contributed by atoms with Crippen molar-refractivity contribution >= 4 is 5.91 Å². The first-order chi connectivity index (χ1) is 7.65. The molecule has 2 heterocycles. The van der Waals surface area contributed by atoms with E-state index in [1.165, 1.54) is 0 Å². The van der Waals surface area contributed by atoms with Crippen LogP contribution < -0.4 is 5.32 Å². The minimum Gasteiger partial charge on any atom is -0.392 e. The zero-order chi connectivity index (χ0) is 11.5. The van der Waals surface area contributed by atoms with Crippen molar-refractivity contribution in [3.63, 3.8) is 0 Å². The fourth-order valence-electron chi connectivity index (χ4n) is 2.52. The van der Waals surface area contributed by atoms with Crippen LogP contribution >= 0.6 is 0 Å². The number of hydrogen-bond donors (Lipinski definition) is 2. The number of nitrogens with zero attached hydrogens (tertiary/aromatic N) is 2. The molecule has 0 radical (unpaired) electrons. The molecule has 2 fully saturated rings. The number of likely N-dealkylation sites (tertiary alicyclic amines) is 1. The minimum absolute atomic E-state index is 0.160. The lowest BCUT2D eigenvalue weighted by Crippen LogP contribution is -2.55. The van der Waals surface area contributed by atoms with Gasteiger partial charge in [-0.25, -0.2) is 0 Å². The van der Waals surface area contributed by atoms with Gasteiger partial charge in [0.2, 0.25) is 5.91 Å². The van der Waals surface area contributed by atoms with E-state index in [1.54, 1.807) is 6.92 Å². The van der Waals surface area contributed by atoms with Gasteiger partial charge in [0.25, 0.3) is 0 Å². The fourth-order valence-corrected chi connectivity index (χ4v) is 2.52. The van der Waals surface area contributed by atoms with Gasteiger partial charge in [-0.1, -0.05) is 0 Å². The Labute approximate surface area is 96.4 Å². The first-order valence-corrected chi connectivity index (χ1v) is 6.04. The lowest BCUT2D eigenvalue weighted by Gasteiger charge is -2.35. The van der Waals surface area contributed by atoms with E-state index in [4.69, 9.17) is 0 Å². The molecule has 1 amide bonds. The third-order valence-corrected chi connectivity index (χ3v) is 3.43. The van der Waals surface area contributed by atoms with Crippen molar-refractivity contribution < 1.29 is 9.90 Å². The summed E-state index contributed by atoms with van der Waals surface area (Å²) in [4.78, 5) is 15.4. The molecule has 0 spiro atoms. The Morgan fingerprint density at radius 1 is 1.44 bits per heavy atom. The number of aliphatic hydroxyl groups is 1. The molecule has 5 nitrogen and oxygen atoms in total. The van der Waals surface area contributed by atoms with Gasteiger partial charge in [-0.2, -0.15) is 0 Å². The van der Waals surface area contributed by atoms with E-state index in [9.17, 15) is 9.90 Å². The molecule has 0 aromatic carbocycles. The van der Waals surface area contributed by atoms with Crippen molar-refractivity contribution in [2.24, 2.45) is 0 Å². The zero-order valence-electron chi connectivity index (χ0n) is 9.85. The molecule has 0 aromatic rings. The number of rotatable bonds is 2. The molecule has 2 N–H and O–H groups in total. The zero-order valence-corrected chi connectivity index (χ0v) is 9.85. The average molecular weight is 227 g/mol. The summed E-state index contributed by atoms with van der Waals surface area (Å²) in [6.45, 7) is 6.79. The Hall–Kier alpha value is -0.650. The second-order valence-corrected chi connectivity index (χ2v) is 4.82. The summed E-state index contributed by atoms with van der Waals surface area (Å²) in [6.07, 6.45) is 0.718. The Bertz CT molecular complexity index is 260. The molecule has 2 rings (SSSR count). The highest BCUT2D eigenvalue weighted by Crippen LogP contribution is 2.10. The third kappa shape index (κ3) is 2.93. The summed E-state index contributed by atoms with van der Waals surface area (Å²) in [5.41, 5.74) is 0. The van der Waals surface area contributed by atoms with Crippen LogP contribution in [0.4, 0.5) is 0 Å². The fraction of sp³-hybridized carbons (Fsp3) is 0.909. The lowest BCUT2D eigenvalue weighted by molar-refractivity contribution is -0.130. The summed E-state index contributed by atoms with van der Waals surface area (Å²) >= 11 is 0. The summed E-state index contributed by atoms with van der Waals surface area (Å²) in [5, 5.41) is 12.9. The van der Waals surface area contributed by atoms with Crippen LogP contribution in [-0.4, -0.2) is 72.2 Å². The number of nitrogens with one attached hydrogen (secondary N) is 1. The van der Waals surface area contributed by atoms with Crippen LogP contribution in [0, 0.1) is 0 Å². The van der Waals surface area contributed by atoms with Crippen LogP contribution in [0.1, 0.15) is 13.3 Å². The van der Waals surface area contributed by atoms with Gasteiger partial charge in [-0.15, -0.1) is 0 Å². The molecule has 2 saturated heterocycles. The quantitative estimate of drug-likeness (QED) is 0.627. The largest absolute Gasteiger partial charge is 0.392 e. The van der Waals surface area contributed by atoms with Gasteiger partial charge in [0.05, 0.1) is 6.10 Å². The van der Waals surface area contributed by atoms with Crippen molar-refractivity contribution in [1.29, 1.82) is 0 Å². The lowest BCUT2D eigenvalue weighted by atomic mass is 10.2. The van der Waals surface area contributed by atoms with Crippen molar-refractivity contribution in [1.82, 2.24) is 15.1 Å². The van der Waals surface area contributed by atoms with Gasteiger partial charge in [0.15, 0.2) is 0 Å². The molecule has 2 aliphatic heterocycles. The summed E-state index contributed by atoms with van der Waals surface area (Å²) in [7, 11) is 0. The molecular weight excluding hydrogens is 206 g/mol. The first-order valence-electron chi connectivity index (χ1n) is 6.04. The molecule has 0 aromatic heterocycles. The Morgan fingerprint density at radius 3 is 2.88 bits per heavy atom. The predicted octanol–water partition coefficient (Wildman–Crippen LogP) is -1.13. The molecule has 2 atom stereocenters. The summed E-state index contributed by atoms with van der Waals surface area (Å²) in [6, 6.07) is 0.350. The van der Waals surface area contributed by atoms with E-state index in [2.05, 4.69) is 10.2 Å². The minimum atomic E-state index is -0.160. The van der Waals surface area contributed by atoms with Gasteiger partial charge in [0.1, 0.15) is 0 Å². The number of aliphatic hydroxyl groups excluding tert-OH is 1. The van der Waals surface area contributed by atoms with Gasteiger partial charge in [-0.05, 0) is 6.42 Å². The molecule has 0 saturated carbocycles. The highest BCUT2D eigenvalue weighted by atomic mass is 16.3. The molecule has 0 unspecified atom stereocenters. The van der Waals surface area contributed by atoms with Crippen LogP contribution in [0.5, 0.6) is 0 Å². The van der Waals surface area contributed by atoms with Crippen LogP contribution in [0.25, 0.3) is 0 Å². The average Bonchev–Trinajstić information content (AvgIpc) is 2.64. The van der Waals surface area contributed by atoms with Crippen LogP contribution in [0.15, 0.2) is 0 Å². The molecule has 0 aliphatic carbocycles. The molecule has 16 heavy (non-hydrogen) atoms. The smallest absolute Gasteiger partial charge is 0.219 e. The SMILES string of the molecule is CC(=O)N1CCN[C@@H](CN2CC[C@H](O)C2)C1. The van der Waals surface area contributed by atoms with E-state index in [0.29, 0.717) is 6.04 Å². The van der Waals surface area contributed by atoms with Crippen LogP contribution in [0.3, 0.4) is 0 Å². The maximum absolute atomic E-state index is 11.3. The van der Waals surface area contributed by atoms with Crippen LogP contribution in [-0.2, 0) is 4.79 Å². The van der Waals surface area contributed by atoms with Gasteiger partial charge < -0.3 is 15.3 Å². The number of hydrogen-bond acceptors (Lipinski definition) is 4. The van der Waals surface area contributed by atoms with E-state index >= 15 is 0 Å². The highest BCUT2D eigenvalue weighted by molar-refractivity contribution is 5.73. The second kappa shape index (κ2) is 5.12. The third-order valence-electron chi connectivity index (χ3n) is 3.43. The maximum Gasteiger partial charge on any atom is 0.219 e. The molecule has 92 valence electrons. The number of amides is 1. The Kier molecular flexibility index (Phi) is 3.78. The number of piperazine rings is 1. The van der Waals surface area contributed by atoms with Gasteiger partial charge in [0, 0.05) is 52.2 Å². The summed E-state index contributed by atoms with van der Waals surface area (Å²) < 4.78 is 0. The standard InChI is InChI=1S/C11H21N3O2/c1-9(15)14-5-3-12-10(7-14)6-13-4-2-11(16)8-13/h10-12,16H,2-8H2,1H3/t10-,11-/m0/s1. The molecule has 2 aliphatic rings. The van der Waals surface area contributed by atoms with Crippen molar-refractivity contribution in [3.05, 3.63) is 0 Å². The van der Waals surface area contributed by atoms with E-state index < -0.39 is 0 Å². The Balaban J connectivity index is 1.79. The monoisotopic (exact) mass is 227 g/mol. The molecule has 5 heteroatoms. The Morgan fingerprint density at radius 2 is 2.25 bits per heavy atom. The van der Waals surface area contributed by atoms with Gasteiger partial charge in [-0.3, -0.25) is 9.69 Å². The van der Waals surface area contributed by atoms with Gasteiger partial charge >= 0.3 is 0 Å². The number of carbonyl (C=O) groups is 1. The number of carbonyl (C=O) groups excluding carboxylic acids is 1. The predicted molar refractivity (Wildman–Crippen MR) is 61.1 cm³/mol. The van der Waals surface area contributed by atoms with E-state index in [0.717, 1.165) is 45.7 Å². The first kappa shape index (κ1) is 11.8. The van der Waals surface area contributed by atoms with Crippen LogP contribution in [0.2, 0.25) is 0 Å². The van der Waals surface area contributed by atoms with E-state index in [-0.39, 0.29) is 12.0 Å². The highest BCUT2D eigenvalue weighted by Gasteiger charge is 2.26. The van der Waals surface area contributed by atoms with Crippen molar-refractivity contribution in [2.45, 2.75) is 25.5 Å². The maximum atomic E-state index is 11.3. The molecular formula is C11H21N3O2. The van der Waals surface area contributed by atoms with E-state index in [1.807, 2.05) is 4.90 Å². The normalized spacial score (nSPS) is 32.0. The van der Waals surface area contributed by atoms with Crippen molar-refractivity contribution in [2.75, 3.05) is 39.3 Å². The molecule has 0 bridgehead atoms.